The molecule has 0 atom stereocenters. The van der Waals surface area contributed by atoms with E-state index in [2.05, 4.69) is 28.7 Å². The molecule has 0 saturated carbocycles. The number of halogens is 3. The zero-order chi connectivity index (χ0) is 19.6. The Hall–Kier alpha value is -2.83. The molecule has 1 aromatic heterocycles. The van der Waals surface area contributed by atoms with Gasteiger partial charge in [-0.3, -0.25) is 4.79 Å². The lowest BCUT2D eigenvalue weighted by molar-refractivity contribution is -0.137. The number of alkyl halides is 3. The molecule has 3 aromatic rings. The summed E-state index contributed by atoms with van der Waals surface area (Å²) in [6.07, 6.45) is -3.88. The van der Waals surface area contributed by atoms with E-state index in [0.717, 1.165) is 29.0 Å². The summed E-state index contributed by atoms with van der Waals surface area (Å²) in [5.41, 5.74) is 1.36. The van der Waals surface area contributed by atoms with Crippen LogP contribution in [0.1, 0.15) is 41.6 Å². The Kier molecular flexibility index (Phi) is 5.21. The number of rotatable bonds is 5. The smallest absolute Gasteiger partial charge is 0.352 e. The van der Waals surface area contributed by atoms with Gasteiger partial charge in [-0.15, -0.1) is 0 Å². The maximum Gasteiger partial charge on any atom is 0.416 e. The van der Waals surface area contributed by atoms with E-state index in [-0.39, 0.29) is 11.6 Å². The van der Waals surface area contributed by atoms with E-state index in [0.29, 0.717) is 13.0 Å². The average molecular weight is 375 g/mol. The van der Waals surface area contributed by atoms with Crippen molar-refractivity contribution in [1.82, 2.24) is 14.9 Å². The van der Waals surface area contributed by atoms with Gasteiger partial charge in [0.25, 0.3) is 5.91 Å². The number of carbonyl (C=O) groups is 1. The van der Waals surface area contributed by atoms with Crippen LogP contribution >= 0.6 is 0 Å². The van der Waals surface area contributed by atoms with Gasteiger partial charge in [-0.1, -0.05) is 12.1 Å². The number of fused-ring (bicyclic) bond motifs is 1. The van der Waals surface area contributed by atoms with Crippen LogP contribution < -0.4 is 5.32 Å². The number of benzene rings is 2. The Morgan fingerprint density at radius 3 is 2.41 bits per heavy atom. The lowest BCUT2D eigenvalue weighted by Crippen LogP contribution is -2.26. The highest BCUT2D eigenvalue weighted by Crippen LogP contribution is 2.29. The number of amides is 1. The number of hydrogen-bond donors (Lipinski definition) is 1. The first-order chi connectivity index (χ1) is 12.8. The number of nitrogens with zero attached hydrogens (tertiary/aromatic N) is 2. The van der Waals surface area contributed by atoms with E-state index in [1.807, 2.05) is 24.3 Å². The van der Waals surface area contributed by atoms with Crippen molar-refractivity contribution in [3.8, 4) is 0 Å². The summed E-state index contributed by atoms with van der Waals surface area (Å²) in [7, 11) is 0. The quantitative estimate of drug-likeness (QED) is 0.708. The summed E-state index contributed by atoms with van der Waals surface area (Å²) < 4.78 is 39.9. The number of hydrogen-bond acceptors (Lipinski definition) is 2. The molecule has 4 nitrogen and oxygen atoms in total. The van der Waals surface area contributed by atoms with Crippen LogP contribution in [0.4, 0.5) is 13.2 Å². The van der Waals surface area contributed by atoms with Gasteiger partial charge in [-0.25, -0.2) is 4.98 Å². The predicted octanol–water partition coefficient (Wildman–Crippen LogP) is 4.61. The van der Waals surface area contributed by atoms with E-state index >= 15 is 0 Å². The van der Waals surface area contributed by atoms with Crippen LogP contribution in [-0.4, -0.2) is 22.0 Å². The number of para-hydroxylation sites is 2. The van der Waals surface area contributed by atoms with Crippen molar-refractivity contribution >= 4 is 16.9 Å². The monoisotopic (exact) mass is 375 g/mol. The lowest BCUT2D eigenvalue weighted by atomic mass is 10.1. The average Bonchev–Trinajstić information content (AvgIpc) is 2.99. The van der Waals surface area contributed by atoms with Crippen molar-refractivity contribution < 1.29 is 18.0 Å². The molecule has 2 aromatic carbocycles. The van der Waals surface area contributed by atoms with Crippen LogP contribution in [0, 0.1) is 0 Å². The number of aromatic nitrogens is 2. The summed E-state index contributed by atoms with van der Waals surface area (Å²) >= 11 is 0. The highest BCUT2D eigenvalue weighted by molar-refractivity contribution is 5.94. The molecule has 0 unspecified atom stereocenters. The van der Waals surface area contributed by atoms with Gasteiger partial charge in [-0.05, 0) is 50.2 Å². The minimum absolute atomic E-state index is 0.195. The van der Waals surface area contributed by atoms with Gasteiger partial charge in [0.15, 0.2) is 0 Å². The van der Waals surface area contributed by atoms with Gasteiger partial charge >= 0.3 is 6.18 Å². The summed E-state index contributed by atoms with van der Waals surface area (Å²) in [5.74, 6) is 0.454. The van der Waals surface area contributed by atoms with E-state index in [1.54, 1.807) is 0 Å². The molecule has 0 saturated heterocycles. The Bertz CT molecular complexity index is 943. The van der Waals surface area contributed by atoms with Crippen molar-refractivity contribution in [2.75, 3.05) is 6.54 Å². The van der Waals surface area contributed by atoms with E-state index in [1.165, 1.54) is 12.1 Å². The summed E-state index contributed by atoms with van der Waals surface area (Å²) in [6, 6.07) is 12.2. The zero-order valence-corrected chi connectivity index (χ0v) is 15.0. The Labute approximate surface area is 155 Å². The molecule has 1 N–H and O–H groups in total. The molecule has 1 amide bonds. The summed E-state index contributed by atoms with van der Waals surface area (Å²) in [5, 5.41) is 2.74. The van der Waals surface area contributed by atoms with Crippen LogP contribution in [0.25, 0.3) is 11.0 Å². The molecule has 0 spiro atoms. The minimum atomic E-state index is -4.41. The van der Waals surface area contributed by atoms with Crippen LogP contribution in [-0.2, 0) is 12.6 Å². The molecule has 0 radical (unpaired) electrons. The largest absolute Gasteiger partial charge is 0.416 e. The molecule has 0 bridgehead atoms. The predicted molar refractivity (Wildman–Crippen MR) is 97.6 cm³/mol. The van der Waals surface area contributed by atoms with Gasteiger partial charge in [-0.2, -0.15) is 13.2 Å². The van der Waals surface area contributed by atoms with Crippen LogP contribution in [0.15, 0.2) is 48.5 Å². The number of imidazole rings is 1. The van der Waals surface area contributed by atoms with Gasteiger partial charge in [0.05, 0.1) is 16.6 Å². The molecule has 27 heavy (non-hydrogen) atoms. The second-order valence-corrected chi connectivity index (χ2v) is 6.56. The van der Waals surface area contributed by atoms with Crippen LogP contribution in [0.5, 0.6) is 0 Å². The van der Waals surface area contributed by atoms with Gasteiger partial charge in [0.2, 0.25) is 0 Å². The third-order valence-corrected chi connectivity index (χ3v) is 4.29. The van der Waals surface area contributed by atoms with Gasteiger partial charge in [0, 0.05) is 24.6 Å². The van der Waals surface area contributed by atoms with Crippen LogP contribution in [0.2, 0.25) is 0 Å². The fourth-order valence-electron chi connectivity index (χ4n) is 3.05. The summed E-state index contributed by atoms with van der Waals surface area (Å²) in [6.45, 7) is 4.48. The van der Waals surface area contributed by atoms with Crippen molar-refractivity contribution in [3.63, 3.8) is 0 Å². The van der Waals surface area contributed by atoms with Crippen molar-refractivity contribution in [1.29, 1.82) is 0 Å². The standard InChI is InChI=1S/C20H20F3N3O/c1-13(2)26-17-6-4-3-5-16(17)25-18(26)11-12-24-19(27)14-7-9-15(10-8-14)20(21,22)23/h3-10,13H,11-12H2,1-2H3,(H,24,27). The van der Waals surface area contributed by atoms with E-state index in [4.69, 9.17) is 0 Å². The van der Waals surface area contributed by atoms with E-state index < -0.39 is 17.6 Å². The molecule has 0 aliphatic carbocycles. The number of carbonyl (C=O) groups excluding carboxylic acids is 1. The Morgan fingerprint density at radius 2 is 1.78 bits per heavy atom. The fourth-order valence-corrected chi connectivity index (χ4v) is 3.05. The molecular weight excluding hydrogens is 355 g/mol. The Balaban J connectivity index is 1.67. The highest BCUT2D eigenvalue weighted by Gasteiger charge is 2.30. The molecule has 0 fully saturated rings. The second kappa shape index (κ2) is 7.42. The highest BCUT2D eigenvalue weighted by atomic mass is 19.4. The maximum absolute atomic E-state index is 12.6. The van der Waals surface area contributed by atoms with Crippen molar-refractivity contribution in [3.05, 3.63) is 65.5 Å². The van der Waals surface area contributed by atoms with Gasteiger partial charge < -0.3 is 9.88 Å². The van der Waals surface area contributed by atoms with Crippen molar-refractivity contribution in [2.24, 2.45) is 0 Å². The van der Waals surface area contributed by atoms with Crippen molar-refractivity contribution in [2.45, 2.75) is 32.5 Å². The molecule has 0 aliphatic rings. The molecule has 0 aliphatic heterocycles. The first kappa shape index (κ1) is 18.9. The SMILES string of the molecule is CC(C)n1c(CCNC(=O)c2ccc(C(F)(F)F)cc2)nc2ccccc21. The van der Waals surface area contributed by atoms with Gasteiger partial charge in [0.1, 0.15) is 5.82 Å². The molecular formula is C20H20F3N3O. The topological polar surface area (TPSA) is 46.9 Å². The third kappa shape index (κ3) is 4.13. The van der Waals surface area contributed by atoms with E-state index in [9.17, 15) is 18.0 Å². The molecule has 3 rings (SSSR count). The lowest BCUT2D eigenvalue weighted by Gasteiger charge is -2.13. The second-order valence-electron chi connectivity index (χ2n) is 6.56. The zero-order valence-electron chi connectivity index (χ0n) is 15.0. The first-order valence-electron chi connectivity index (χ1n) is 8.68. The molecule has 142 valence electrons. The van der Waals surface area contributed by atoms with Crippen LogP contribution in [0.3, 0.4) is 0 Å². The maximum atomic E-state index is 12.6. The Morgan fingerprint density at radius 1 is 1.11 bits per heavy atom. The minimum Gasteiger partial charge on any atom is -0.352 e. The molecule has 7 heteroatoms. The molecule has 1 heterocycles. The first-order valence-corrected chi connectivity index (χ1v) is 8.68. The number of nitrogens with one attached hydrogen (secondary N) is 1. The summed E-state index contributed by atoms with van der Waals surface area (Å²) in [4.78, 5) is 16.8. The normalized spacial score (nSPS) is 11.9. The third-order valence-electron chi connectivity index (χ3n) is 4.29. The fraction of sp³-hybridized carbons (Fsp3) is 0.300.